The average Bonchev–Trinajstić information content (AvgIpc) is 2.45. The van der Waals surface area contributed by atoms with Gasteiger partial charge in [-0.15, -0.1) is 0 Å². The van der Waals surface area contributed by atoms with Crippen LogP contribution in [0.1, 0.15) is 19.8 Å². The van der Waals surface area contributed by atoms with E-state index in [9.17, 15) is 8.42 Å². The molecule has 118 valence electrons. The van der Waals surface area contributed by atoms with Gasteiger partial charge in [0.25, 0.3) is 0 Å². The number of benzene rings is 1. The second-order valence-corrected chi connectivity index (χ2v) is 8.22. The fourth-order valence-electron chi connectivity index (χ4n) is 2.58. The highest BCUT2D eigenvalue weighted by molar-refractivity contribution is 7.91. The number of sulfone groups is 1. The molecule has 21 heavy (non-hydrogen) atoms. The molecule has 1 fully saturated rings. The normalized spacial score (nSPS) is 20.1. The van der Waals surface area contributed by atoms with Gasteiger partial charge in [-0.25, -0.2) is 8.42 Å². The maximum atomic E-state index is 11.4. The summed E-state index contributed by atoms with van der Waals surface area (Å²) in [5.41, 5.74) is 0. The zero-order chi connectivity index (χ0) is 15.3. The van der Waals surface area contributed by atoms with Crippen molar-refractivity contribution in [3.05, 3.63) is 29.3 Å². The van der Waals surface area contributed by atoms with Crippen LogP contribution in [0.2, 0.25) is 5.02 Å². The Labute approximate surface area is 131 Å². The molecule has 1 aromatic carbocycles. The largest absolute Gasteiger partial charge is 0.491 e. The number of para-hydroxylation sites is 1. The molecule has 1 aliphatic heterocycles. The van der Waals surface area contributed by atoms with Crippen LogP contribution in [-0.4, -0.2) is 39.1 Å². The van der Waals surface area contributed by atoms with Crippen molar-refractivity contribution in [3.8, 4) is 5.75 Å². The van der Waals surface area contributed by atoms with Gasteiger partial charge >= 0.3 is 0 Å². The molecule has 0 radical (unpaired) electrons. The zero-order valence-corrected chi connectivity index (χ0v) is 13.8. The molecule has 0 aromatic heterocycles. The molecule has 1 aromatic rings. The van der Waals surface area contributed by atoms with Crippen LogP contribution in [0.5, 0.6) is 5.75 Å². The molecule has 0 spiro atoms. The number of ether oxygens (including phenoxy) is 1. The monoisotopic (exact) mass is 331 g/mol. The van der Waals surface area contributed by atoms with Gasteiger partial charge in [0.05, 0.1) is 16.5 Å². The Morgan fingerprint density at radius 3 is 2.67 bits per heavy atom. The van der Waals surface area contributed by atoms with Crippen LogP contribution in [0.15, 0.2) is 24.3 Å². The van der Waals surface area contributed by atoms with Crippen LogP contribution in [0.4, 0.5) is 0 Å². The Morgan fingerprint density at radius 2 is 2.00 bits per heavy atom. The molecule has 1 aliphatic rings. The lowest BCUT2D eigenvalue weighted by Crippen LogP contribution is -2.40. The Balaban J connectivity index is 1.68. The molecule has 1 saturated heterocycles. The number of hydrogen-bond donors (Lipinski definition) is 1. The van der Waals surface area contributed by atoms with E-state index >= 15 is 0 Å². The first kappa shape index (κ1) is 16.6. The Hall–Kier alpha value is -0.780. The van der Waals surface area contributed by atoms with Crippen molar-refractivity contribution >= 4 is 21.4 Å². The minimum absolute atomic E-state index is 0.301. The van der Waals surface area contributed by atoms with Gasteiger partial charge in [-0.05, 0) is 37.8 Å². The molecule has 1 heterocycles. The summed E-state index contributed by atoms with van der Waals surface area (Å²) in [4.78, 5) is 0. The predicted octanol–water partition coefficient (Wildman–Crippen LogP) is 2.52. The number of nitrogens with one attached hydrogen (secondary N) is 1. The molecular weight excluding hydrogens is 310 g/mol. The fraction of sp³-hybridized carbons (Fsp3) is 0.600. The van der Waals surface area contributed by atoms with Crippen molar-refractivity contribution in [1.29, 1.82) is 0 Å². The molecule has 0 saturated carbocycles. The van der Waals surface area contributed by atoms with Crippen molar-refractivity contribution in [3.63, 3.8) is 0 Å². The minimum atomic E-state index is -2.78. The average molecular weight is 332 g/mol. The minimum Gasteiger partial charge on any atom is -0.491 e. The molecule has 6 heteroatoms. The van der Waals surface area contributed by atoms with E-state index in [0.717, 1.165) is 19.4 Å². The molecule has 2 rings (SSSR count). The lowest BCUT2D eigenvalue weighted by atomic mass is 9.95. The van der Waals surface area contributed by atoms with Crippen LogP contribution >= 0.6 is 11.6 Å². The smallest absolute Gasteiger partial charge is 0.150 e. The van der Waals surface area contributed by atoms with Crippen molar-refractivity contribution in [2.75, 3.05) is 24.7 Å². The summed E-state index contributed by atoms with van der Waals surface area (Å²) < 4.78 is 28.4. The van der Waals surface area contributed by atoms with Gasteiger partial charge in [0.1, 0.15) is 22.2 Å². The van der Waals surface area contributed by atoms with Gasteiger partial charge in [0.15, 0.2) is 0 Å². The van der Waals surface area contributed by atoms with E-state index in [1.807, 2.05) is 18.2 Å². The van der Waals surface area contributed by atoms with E-state index in [2.05, 4.69) is 12.2 Å². The van der Waals surface area contributed by atoms with E-state index < -0.39 is 9.84 Å². The second-order valence-electron chi connectivity index (χ2n) is 5.51. The van der Waals surface area contributed by atoms with E-state index in [4.69, 9.17) is 16.3 Å². The summed E-state index contributed by atoms with van der Waals surface area (Å²) in [7, 11) is -2.78. The Bertz CT molecular complexity index is 548. The highest BCUT2D eigenvalue weighted by Gasteiger charge is 2.26. The summed E-state index contributed by atoms with van der Waals surface area (Å²) in [6.45, 7) is 3.37. The van der Waals surface area contributed by atoms with E-state index in [0.29, 0.717) is 40.8 Å². The first-order valence-electron chi connectivity index (χ1n) is 7.29. The van der Waals surface area contributed by atoms with E-state index in [-0.39, 0.29) is 0 Å². The molecule has 0 bridgehead atoms. The maximum Gasteiger partial charge on any atom is 0.150 e. The SMILES string of the molecule is CC(NCCOc1ccccc1Cl)C1CCS(=O)(=O)CC1. The van der Waals surface area contributed by atoms with Gasteiger partial charge in [-0.1, -0.05) is 23.7 Å². The first-order valence-corrected chi connectivity index (χ1v) is 9.49. The highest BCUT2D eigenvalue weighted by Crippen LogP contribution is 2.23. The summed E-state index contributed by atoms with van der Waals surface area (Å²) in [6.07, 6.45) is 1.50. The van der Waals surface area contributed by atoms with Gasteiger partial charge in [0, 0.05) is 12.6 Å². The molecule has 1 N–H and O–H groups in total. The van der Waals surface area contributed by atoms with Crippen LogP contribution in [0, 0.1) is 5.92 Å². The van der Waals surface area contributed by atoms with Crippen LogP contribution in [0.3, 0.4) is 0 Å². The molecule has 1 atom stereocenters. The van der Waals surface area contributed by atoms with Crippen molar-refractivity contribution in [2.24, 2.45) is 5.92 Å². The van der Waals surface area contributed by atoms with Crippen molar-refractivity contribution < 1.29 is 13.2 Å². The zero-order valence-electron chi connectivity index (χ0n) is 12.2. The number of rotatable bonds is 6. The summed E-state index contributed by atoms with van der Waals surface area (Å²) >= 11 is 6.01. The van der Waals surface area contributed by atoms with Gasteiger partial charge < -0.3 is 10.1 Å². The standard InChI is InChI=1S/C15H22ClNO3S/c1-12(13-6-10-21(18,19)11-7-13)17-8-9-20-15-5-3-2-4-14(15)16/h2-5,12-13,17H,6-11H2,1H3. The topological polar surface area (TPSA) is 55.4 Å². The van der Waals surface area contributed by atoms with Crippen LogP contribution in [0.25, 0.3) is 0 Å². The second kappa shape index (κ2) is 7.47. The Kier molecular flexibility index (Phi) is 5.90. The quantitative estimate of drug-likeness (QED) is 0.814. The predicted molar refractivity (Wildman–Crippen MR) is 85.8 cm³/mol. The highest BCUT2D eigenvalue weighted by atomic mass is 35.5. The molecule has 4 nitrogen and oxygen atoms in total. The summed E-state index contributed by atoms with van der Waals surface area (Å²) in [5, 5.41) is 4.02. The number of halogens is 1. The molecule has 0 amide bonds. The van der Waals surface area contributed by atoms with Crippen molar-refractivity contribution in [2.45, 2.75) is 25.8 Å². The number of hydrogen-bond acceptors (Lipinski definition) is 4. The van der Waals surface area contributed by atoms with Crippen LogP contribution < -0.4 is 10.1 Å². The van der Waals surface area contributed by atoms with Gasteiger partial charge in [-0.2, -0.15) is 0 Å². The summed E-state index contributed by atoms with van der Waals surface area (Å²) in [5.74, 6) is 1.76. The lowest BCUT2D eigenvalue weighted by Gasteiger charge is -2.28. The third kappa shape index (κ3) is 5.16. The van der Waals surface area contributed by atoms with Gasteiger partial charge in [-0.3, -0.25) is 0 Å². The molecule has 0 aliphatic carbocycles. The first-order chi connectivity index (χ1) is 9.98. The van der Waals surface area contributed by atoms with Crippen molar-refractivity contribution in [1.82, 2.24) is 5.32 Å². The molecule has 1 unspecified atom stereocenters. The summed E-state index contributed by atoms with van der Waals surface area (Å²) in [6, 6.07) is 7.70. The van der Waals surface area contributed by atoms with E-state index in [1.54, 1.807) is 6.07 Å². The maximum absolute atomic E-state index is 11.4. The lowest BCUT2D eigenvalue weighted by molar-refractivity contribution is 0.283. The third-order valence-corrected chi connectivity index (χ3v) is 6.00. The fourth-order valence-corrected chi connectivity index (χ4v) is 4.30. The van der Waals surface area contributed by atoms with E-state index in [1.165, 1.54) is 0 Å². The third-order valence-electron chi connectivity index (χ3n) is 3.97. The molecular formula is C15H22ClNO3S. The van der Waals surface area contributed by atoms with Gasteiger partial charge in [0.2, 0.25) is 0 Å². The van der Waals surface area contributed by atoms with Crippen LogP contribution in [-0.2, 0) is 9.84 Å². The Morgan fingerprint density at radius 1 is 1.33 bits per heavy atom.